The molecular weight excluding hydrogens is 294 g/mol. The first kappa shape index (κ1) is 15.9. The van der Waals surface area contributed by atoms with Gasteiger partial charge in [0.05, 0.1) is 0 Å². The zero-order valence-corrected chi connectivity index (χ0v) is 13.7. The van der Waals surface area contributed by atoms with Gasteiger partial charge in [0.2, 0.25) is 10.0 Å². The van der Waals surface area contributed by atoms with Gasteiger partial charge in [-0.1, -0.05) is 6.92 Å². The molecule has 1 saturated heterocycles. The molecule has 0 spiro atoms. The molecular formula is C13H23N3O2S2. The third kappa shape index (κ3) is 3.79. The maximum Gasteiger partial charge on any atom is 0.250 e. The number of likely N-dealkylation sites (tertiary alicyclic amines) is 1. The highest BCUT2D eigenvalue weighted by atomic mass is 32.2. The zero-order chi connectivity index (χ0) is 14.8. The summed E-state index contributed by atoms with van der Waals surface area (Å²) in [4.78, 5) is 3.17. The number of nitrogens with one attached hydrogen (secondary N) is 1. The Labute approximate surface area is 125 Å². The van der Waals surface area contributed by atoms with Gasteiger partial charge < -0.3 is 10.6 Å². The number of hydrogen-bond acceptors (Lipinski definition) is 5. The lowest BCUT2D eigenvalue weighted by atomic mass is 9.81. The van der Waals surface area contributed by atoms with E-state index in [1.54, 1.807) is 12.1 Å². The topological polar surface area (TPSA) is 75.4 Å². The quantitative estimate of drug-likeness (QED) is 0.856. The molecule has 0 atom stereocenters. The van der Waals surface area contributed by atoms with E-state index in [9.17, 15) is 8.42 Å². The fraction of sp³-hybridized carbons (Fsp3) is 0.692. The van der Waals surface area contributed by atoms with Gasteiger partial charge in [-0.2, -0.15) is 0 Å². The van der Waals surface area contributed by atoms with E-state index in [0.29, 0.717) is 17.3 Å². The van der Waals surface area contributed by atoms with Gasteiger partial charge in [-0.15, -0.1) is 11.3 Å². The van der Waals surface area contributed by atoms with Crippen LogP contribution < -0.4 is 10.5 Å². The molecule has 1 fully saturated rings. The Morgan fingerprint density at radius 3 is 2.60 bits per heavy atom. The Kier molecular flexibility index (Phi) is 4.86. The number of hydrogen-bond donors (Lipinski definition) is 2. The minimum absolute atomic E-state index is 0.0491. The molecule has 1 aromatic heterocycles. The standard InChI is InChI=1S/C13H23N3O2S2/c1-13(5-7-16(2)8-6-13)10-15-20(17,18)12-4-3-11(9-14)19-12/h3-4,15H,5-10,14H2,1-2H3. The summed E-state index contributed by atoms with van der Waals surface area (Å²) < 4.78 is 27.6. The number of thiophene rings is 1. The summed E-state index contributed by atoms with van der Waals surface area (Å²) in [5, 5.41) is 0. The number of sulfonamides is 1. The summed E-state index contributed by atoms with van der Waals surface area (Å²) in [6, 6.07) is 3.41. The normalized spacial score (nSPS) is 20.1. The fourth-order valence-corrected chi connectivity index (χ4v) is 4.77. The van der Waals surface area contributed by atoms with E-state index in [1.165, 1.54) is 11.3 Å². The van der Waals surface area contributed by atoms with Crippen LogP contribution in [0.2, 0.25) is 0 Å². The van der Waals surface area contributed by atoms with Crippen LogP contribution >= 0.6 is 11.3 Å². The molecule has 2 heterocycles. The average molecular weight is 317 g/mol. The van der Waals surface area contributed by atoms with Crippen LogP contribution in [0.15, 0.2) is 16.3 Å². The fourth-order valence-electron chi connectivity index (χ4n) is 2.29. The smallest absolute Gasteiger partial charge is 0.250 e. The zero-order valence-electron chi connectivity index (χ0n) is 12.1. The van der Waals surface area contributed by atoms with Crippen molar-refractivity contribution in [2.45, 2.75) is 30.5 Å². The third-order valence-electron chi connectivity index (χ3n) is 3.99. The Bertz CT molecular complexity index is 546. The van der Waals surface area contributed by atoms with E-state index in [0.717, 1.165) is 30.8 Å². The van der Waals surface area contributed by atoms with Crippen LogP contribution in [-0.2, 0) is 16.6 Å². The summed E-state index contributed by atoms with van der Waals surface area (Å²) in [6.07, 6.45) is 2.04. The molecule has 1 aliphatic rings. The van der Waals surface area contributed by atoms with Gasteiger partial charge in [0.15, 0.2) is 0 Å². The molecule has 1 aromatic rings. The second kappa shape index (κ2) is 6.11. The van der Waals surface area contributed by atoms with Gasteiger partial charge in [-0.25, -0.2) is 13.1 Å². The Balaban J connectivity index is 1.98. The maximum atomic E-state index is 12.3. The molecule has 0 aromatic carbocycles. The molecule has 5 nitrogen and oxygen atoms in total. The monoisotopic (exact) mass is 317 g/mol. The Morgan fingerprint density at radius 2 is 2.05 bits per heavy atom. The second-order valence-corrected chi connectivity index (χ2v) is 9.03. The first-order valence-corrected chi connectivity index (χ1v) is 9.12. The van der Waals surface area contributed by atoms with Gasteiger partial charge >= 0.3 is 0 Å². The number of nitrogens with two attached hydrogens (primary N) is 1. The molecule has 7 heteroatoms. The highest BCUT2D eigenvalue weighted by Crippen LogP contribution is 2.30. The second-order valence-electron chi connectivity index (χ2n) is 5.86. The van der Waals surface area contributed by atoms with Gasteiger partial charge in [-0.3, -0.25) is 0 Å². The van der Waals surface area contributed by atoms with Crippen molar-refractivity contribution in [2.75, 3.05) is 26.7 Å². The van der Waals surface area contributed by atoms with Crippen LogP contribution in [0.5, 0.6) is 0 Å². The van der Waals surface area contributed by atoms with Crippen LogP contribution in [0.3, 0.4) is 0 Å². The highest BCUT2D eigenvalue weighted by Gasteiger charge is 2.30. The van der Waals surface area contributed by atoms with Crippen molar-refractivity contribution in [1.29, 1.82) is 0 Å². The van der Waals surface area contributed by atoms with Crippen molar-refractivity contribution in [1.82, 2.24) is 9.62 Å². The van der Waals surface area contributed by atoms with Crippen molar-refractivity contribution in [3.8, 4) is 0 Å². The van der Waals surface area contributed by atoms with Crippen molar-refractivity contribution in [3.05, 3.63) is 17.0 Å². The Hall–Kier alpha value is -0.470. The number of piperidine rings is 1. The van der Waals surface area contributed by atoms with Gasteiger partial charge in [0, 0.05) is 18.0 Å². The molecule has 1 aliphatic heterocycles. The third-order valence-corrected chi connectivity index (χ3v) is 6.99. The first-order valence-electron chi connectivity index (χ1n) is 6.82. The van der Waals surface area contributed by atoms with E-state index < -0.39 is 10.0 Å². The molecule has 0 radical (unpaired) electrons. The largest absolute Gasteiger partial charge is 0.326 e. The lowest BCUT2D eigenvalue weighted by Gasteiger charge is -2.37. The minimum atomic E-state index is -3.40. The molecule has 0 amide bonds. The van der Waals surface area contributed by atoms with Crippen LogP contribution in [0.25, 0.3) is 0 Å². The first-order chi connectivity index (χ1) is 9.35. The molecule has 20 heavy (non-hydrogen) atoms. The van der Waals surface area contributed by atoms with E-state index >= 15 is 0 Å². The van der Waals surface area contributed by atoms with Gasteiger partial charge in [0.1, 0.15) is 4.21 Å². The predicted octanol–water partition coefficient (Wildman–Crippen LogP) is 1.22. The van der Waals surface area contributed by atoms with Crippen LogP contribution in [0.4, 0.5) is 0 Å². The van der Waals surface area contributed by atoms with Crippen molar-refractivity contribution >= 4 is 21.4 Å². The summed E-state index contributed by atoms with van der Waals surface area (Å²) in [5.41, 5.74) is 5.57. The van der Waals surface area contributed by atoms with Crippen LogP contribution in [0.1, 0.15) is 24.6 Å². The van der Waals surface area contributed by atoms with E-state index in [1.807, 2.05) is 0 Å². The van der Waals surface area contributed by atoms with Crippen molar-refractivity contribution in [2.24, 2.45) is 11.1 Å². The van der Waals surface area contributed by atoms with Gasteiger partial charge in [0.25, 0.3) is 0 Å². The average Bonchev–Trinajstić information content (AvgIpc) is 2.90. The lowest BCUT2D eigenvalue weighted by Crippen LogP contribution is -2.43. The minimum Gasteiger partial charge on any atom is -0.326 e. The summed E-state index contributed by atoms with van der Waals surface area (Å²) in [5.74, 6) is 0. The van der Waals surface area contributed by atoms with Crippen molar-refractivity contribution in [3.63, 3.8) is 0 Å². The summed E-state index contributed by atoms with van der Waals surface area (Å²) in [6.45, 7) is 5.08. The van der Waals surface area contributed by atoms with Gasteiger partial charge in [-0.05, 0) is 50.5 Å². The number of rotatable bonds is 5. The predicted molar refractivity (Wildman–Crippen MR) is 82.2 cm³/mol. The van der Waals surface area contributed by atoms with E-state index in [2.05, 4.69) is 23.6 Å². The van der Waals surface area contributed by atoms with Crippen LogP contribution in [-0.4, -0.2) is 40.0 Å². The Morgan fingerprint density at radius 1 is 1.40 bits per heavy atom. The van der Waals surface area contributed by atoms with E-state index in [-0.39, 0.29) is 5.41 Å². The summed E-state index contributed by atoms with van der Waals surface area (Å²) in [7, 11) is -1.30. The maximum absolute atomic E-state index is 12.3. The molecule has 0 aliphatic carbocycles. The molecule has 114 valence electrons. The van der Waals surface area contributed by atoms with E-state index in [4.69, 9.17) is 5.73 Å². The SMILES string of the molecule is CN1CCC(C)(CNS(=O)(=O)c2ccc(CN)s2)CC1. The lowest BCUT2D eigenvalue weighted by molar-refractivity contribution is 0.143. The molecule has 0 bridgehead atoms. The molecule has 0 saturated carbocycles. The summed E-state index contributed by atoms with van der Waals surface area (Å²) >= 11 is 1.24. The number of nitrogens with zero attached hydrogens (tertiary/aromatic N) is 1. The molecule has 3 N–H and O–H groups in total. The van der Waals surface area contributed by atoms with Crippen molar-refractivity contribution < 1.29 is 8.42 Å². The molecule has 2 rings (SSSR count). The highest BCUT2D eigenvalue weighted by molar-refractivity contribution is 7.91. The molecule has 0 unspecified atom stereocenters. The van der Waals surface area contributed by atoms with Crippen LogP contribution in [0, 0.1) is 5.41 Å².